The summed E-state index contributed by atoms with van der Waals surface area (Å²) in [6.45, 7) is 1.87. The highest BCUT2D eigenvalue weighted by Crippen LogP contribution is 2.29. The molecule has 2 aromatic heterocycles. The number of aryl methyl sites for hydroxylation is 1. The number of nitrogens with zero attached hydrogens (tertiary/aromatic N) is 2. The fourth-order valence-corrected chi connectivity index (χ4v) is 3.54. The number of ether oxygens (including phenoxy) is 1. The van der Waals surface area contributed by atoms with E-state index in [4.69, 9.17) is 4.74 Å². The molecule has 3 aromatic rings. The first-order valence-corrected chi connectivity index (χ1v) is 7.91. The van der Waals surface area contributed by atoms with Crippen molar-refractivity contribution in [2.24, 2.45) is 0 Å². The predicted molar refractivity (Wildman–Crippen MR) is 80.0 cm³/mol. The van der Waals surface area contributed by atoms with Gasteiger partial charge in [-0.2, -0.15) is 0 Å². The fourth-order valence-electron chi connectivity index (χ4n) is 2.24. The SMILES string of the molecule is COc1c(F)cnc2c1ccn2S(=O)(=O)c1ccc(C)cc1. The second-order valence-corrected chi connectivity index (χ2v) is 6.62. The Bertz CT molecular complexity index is 947. The quantitative estimate of drug-likeness (QED) is 0.744. The summed E-state index contributed by atoms with van der Waals surface area (Å²) in [5.74, 6) is -0.664. The lowest BCUT2D eigenvalue weighted by Crippen LogP contribution is -2.12. The Kier molecular flexibility index (Phi) is 3.37. The van der Waals surface area contributed by atoms with Gasteiger partial charge in [0.25, 0.3) is 10.0 Å². The molecule has 0 radical (unpaired) electrons. The summed E-state index contributed by atoms with van der Waals surface area (Å²) in [6, 6.07) is 7.95. The molecular formula is C15H13FN2O3S. The summed E-state index contributed by atoms with van der Waals surface area (Å²) in [7, 11) is -2.48. The third kappa shape index (κ3) is 2.14. The lowest BCUT2D eigenvalue weighted by Gasteiger charge is -2.08. The summed E-state index contributed by atoms with van der Waals surface area (Å²) in [5, 5.41) is 0.304. The number of rotatable bonds is 3. The van der Waals surface area contributed by atoms with Gasteiger partial charge in [-0.3, -0.25) is 0 Å². The Morgan fingerprint density at radius 2 is 1.86 bits per heavy atom. The van der Waals surface area contributed by atoms with Crippen molar-refractivity contribution in [1.29, 1.82) is 0 Å². The van der Waals surface area contributed by atoms with Crippen LogP contribution >= 0.6 is 0 Å². The number of hydrogen-bond donors (Lipinski definition) is 0. The Labute approximate surface area is 127 Å². The van der Waals surface area contributed by atoms with Crippen LogP contribution in [0, 0.1) is 12.7 Å². The minimum Gasteiger partial charge on any atom is -0.493 e. The van der Waals surface area contributed by atoms with Gasteiger partial charge in [0.05, 0.1) is 23.6 Å². The van der Waals surface area contributed by atoms with Gasteiger partial charge in [-0.15, -0.1) is 0 Å². The number of fused-ring (bicyclic) bond motifs is 1. The highest BCUT2D eigenvalue weighted by atomic mass is 32.2. The van der Waals surface area contributed by atoms with Gasteiger partial charge in [0.15, 0.2) is 17.2 Å². The zero-order valence-electron chi connectivity index (χ0n) is 11.9. The molecule has 0 aliphatic heterocycles. The largest absolute Gasteiger partial charge is 0.493 e. The number of hydrogen-bond acceptors (Lipinski definition) is 4. The lowest BCUT2D eigenvalue weighted by molar-refractivity contribution is 0.391. The van der Waals surface area contributed by atoms with Crippen LogP contribution in [0.25, 0.3) is 11.0 Å². The summed E-state index contributed by atoms with van der Waals surface area (Å²) >= 11 is 0. The monoisotopic (exact) mass is 320 g/mol. The van der Waals surface area contributed by atoms with Crippen LogP contribution in [-0.4, -0.2) is 24.5 Å². The molecule has 0 N–H and O–H groups in total. The van der Waals surface area contributed by atoms with Crippen molar-refractivity contribution in [3.63, 3.8) is 0 Å². The first-order chi connectivity index (χ1) is 10.4. The molecule has 0 bridgehead atoms. The van der Waals surface area contributed by atoms with Gasteiger partial charge in [-0.1, -0.05) is 17.7 Å². The van der Waals surface area contributed by atoms with E-state index in [1.165, 1.54) is 31.5 Å². The van der Waals surface area contributed by atoms with Crippen molar-refractivity contribution in [3.8, 4) is 5.75 Å². The van der Waals surface area contributed by atoms with Crippen LogP contribution in [0.2, 0.25) is 0 Å². The van der Waals surface area contributed by atoms with Crippen LogP contribution in [-0.2, 0) is 10.0 Å². The molecule has 0 unspecified atom stereocenters. The Morgan fingerprint density at radius 3 is 2.50 bits per heavy atom. The van der Waals surface area contributed by atoms with Gasteiger partial charge in [0.1, 0.15) is 0 Å². The van der Waals surface area contributed by atoms with E-state index < -0.39 is 15.8 Å². The average Bonchev–Trinajstić information content (AvgIpc) is 2.92. The van der Waals surface area contributed by atoms with Gasteiger partial charge < -0.3 is 4.74 Å². The van der Waals surface area contributed by atoms with Crippen molar-refractivity contribution in [1.82, 2.24) is 8.96 Å². The molecule has 7 heteroatoms. The fraction of sp³-hybridized carbons (Fsp3) is 0.133. The van der Waals surface area contributed by atoms with Gasteiger partial charge in [0.2, 0.25) is 0 Å². The van der Waals surface area contributed by atoms with Crippen LogP contribution in [0.15, 0.2) is 47.6 Å². The molecule has 1 aromatic carbocycles. The average molecular weight is 320 g/mol. The summed E-state index contributed by atoms with van der Waals surface area (Å²) < 4.78 is 45.0. The standard InChI is InChI=1S/C15H13FN2O3S/c1-10-3-5-11(6-4-10)22(19,20)18-8-7-12-14(21-2)13(16)9-17-15(12)18/h3-9H,1-2H3. The summed E-state index contributed by atoms with van der Waals surface area (Å²) in [5.41, 5.74) is 1.08. The van der Waals surface area contributed by atoms with E-state index in [9.17, 15) is 12.8 Å². The van der Waals surface area contributed by atoms with Crippen LogP contribution in [0.5, 0.6) is 5.75 Å². The smallest absolute Gasteiger partial charge is 0.269 e. The highest BCUT2D eigenvalue weighted by Gasteiger charge is 2.22. The van der Waals surface area contributed by atoms with Gasteiger partial charge in [-0.25, -0.2) is 21.8 Å². The van der Waals surface area contributed by atoms with Gasteiger partial charge >= 0.3 is 0 Å². The first-order valence-electron chi connectivity index (χ1n) is 6.47. The van der Waals surface area contributed by atoms with E-state index in [1.54, 1.807) is 12.1 Å². The molecule has 0 atom stereocenters. The van der Waals surface area contributed by atoms with Crippen molar-refractivity contribution in [2.45, 2.75) is 11.8 Å². The Balaban J connectivity index is 2.24. The normalized spacial score (nSPS) is 11.8. The second kappa shape index (κ2) is 5.10. The predicted octanol–water partition coefficient (Wildman–Crippen LogP) is 2.73. The van der Waals surface area contributed by atoms with Crippen molar-refractivity contribution in [2.75, 3.05) is 7.11 Å². The first kappa shape index (κ1) is 14.5. The minimum atomic E-state index is -3.80. The van der Waals surface area contributed by atoms with Crippen LogP contribution in [0.1, 0.15) is 5.56 Å². The molecule has 0 aliphatic rings. The van der Waals surface area contributed by atoms with E-state index >= 15 is 0 Å². The maximum absolute atomic E-state index is 13.6. The summed E-state index contributed by atoms with van der Waals surface area (Å²) in [6.07, 6.45) is 2.29. The molecule has 22 heavy (non-hydrogen) atoms. The number of methoxy groups -OCH3 is 1. The third-order valence-corrected chi connectivity index (χ3v) is 5.05. The molecule has 0 saturated carbocycles. The van der Waals surface area contributed by atoms with Crippen LogP contribution in [0.3, 0.4) is 0 Å². The maximum atomic E-state index is 13.6. The van der Waals surface area contributed by atoms with E-state index in [1.807, 2.05) is 6.92 Å². The molecule has 0 saturated heterocycles. The minimum absolute atomic E-state index is 0.0251. The highest BCUT2D eigenvalue weighted by molar-refractivity contribution is 7.90. The summed E-state index contributed by atoms with van der Waals surface area (Å²) in [4.78, 5) is 4.03. The number of aromatic nitrogens is 2. The van der Waals surface area contributed by atoms with Crippen molar-refractivity contribution in [3.05, 3.63) is 54.1 Å². The van der Waals surface area contributed by atoms with Crippen molar-refractivity contribution >= 4 is 21.1 Å². The number of pyridine rings is 1. The molecule has 0 fully saturated rings. The van der Waals surface area contributed by atoms with Crippen molar-refractivity contribution < 1.29 is 17.5 Å². The maximum Gasteiger partial charge on any atom is 0.269 e. The van der Waals surface area contributed by atoms with Crippen LogP contribution in [0.4, 0.5) is 4.39 Å². The molecule has 3 rings (SSSR count). The number of halogens is 1. The third-order valence-electron chi connectivity index (χ3n) is 3.37. The van der Waals surface area contributed by atoms with E-state index in [2.05, 4.69) is 4.98 Å². The zero-order chi connectivity index (χ0) is 15.9. The molecular weight excluding hydrogens is 307 g/mol. The number of benzene rings is 1. The Morgan fingerprint density at radius 1 is 1.18 bits per heavy atom. The topological polar surface area (TPSA) is 61.2 Å². The molecule has 5 nitrogen and oxygen atoms in total. The Hall–Kier alpha value is -2.41. The van der Waals surface area contributed by atoms with Crippen LogP contribution < -0.4 is 4.74 Å². The molecule has 0 aliphatic carbocycles. The molecule has 2 heterocycles. The van der Waals surface area contributed by atoms with Gasteiger partial charge in [-0.05, 0) is 25.1 Å². The van der Waals surface area contributed by atoms with E-state index in [0.717, 1.165) is 15.7 Å². The second-order valence-electron chi connectivity index (χ2n) is 4.81. The zero-order valence-corrected chi connectivity index (χ0v) is 12.8. The molecule has 0 amide bonds. The van der Waals surface area contributed by atoms with E-state index in [-0.39, 0.29) is 16.3 Å². The van der Waals surface area contributed by atoms with E-state index in [0.29, 0.717) is 5.39 Å². The molecule has 0 spiro atoms. The molecule has 114 valence electrons. The lowest BCUT2D eigenvalue weighted by atomic mass is 10.2. The van der Waals surface area contributed by atoms with Gasteiger partial charge in [0, 0.05) is 6.20 Å².